The molecule has 0 saturated carbocycles. The summed E-state index contributed by atoms with van der Waals surface area (Å²) in [7, 11) is 2.07. The largest absolute Gasteiger partial charge is 0.370 e. The summed E-state index contributed by atoms with van der Waals surface area (Å²) in [6.07, 6.45) is 3.50. The van der Waals surface area contributed by atoms with Crippen molar-refractivity contribution in [2.75, 3.05) is 26.7 Å². The summed E-state index contributed by atoms with van der Waals surface area (Å²) in [4.78, 5) is 2.18. The van der Waals surface area contributed by atoms with Gasteiger partial charge in [-0.05, 0) is 32.4 Å². The van der Waals surface area contributed by atoms with Crippen molar-refractivity contribution < 1.29 is 0 Å². The van der Waals surface area contributed by atoms with Gasteiger partial charge in [0.25, 0.3) is 0 Å². The second-order valence-corrected chi connectivity index (χ2v) is 3.22. The van der Waals surface area contributed by atoms with E-state index < -0.39 is 0 Å². The molecular weight excluding hydrogens is 148 g/mol. The molecular formula is C10H17N2. The van der Waals surface area contributed by atoms with Crippen LogP contribution >= 0.6 is 0 Å². The van der Waals surface area contributed by atoms with E-state index in [1.165, 1.54) is 12.8 Å². The minimum absolute atomic E-state index is 1.03. The maximum Gasteiger partial charge on any atom is 0.0562 e. The molecule has 0 aromatic carbocycles. The van der Waals surface area contributed by atoms with Crippen LogP contribution in [0.5, 0.6) is 0 Å². The fourth-order valence-electron chi connectivity index (χ4n) is 1.42. The van der Waals surface area contributed by atoms with Crippen LogP contribution in [-0.4, -0.2) is 31.6 Å². The van der Waals surface area contributed by atoms with Crippen molar-refractivity contribution in [2.45, 2.75) is 19.3 Å². The van der Waals surface area contributed by atoms with E-state index in [1.54, 1.807) is 0 Å². The average Bonchev–Trinajstić information content (AvgIpc) is 2.17. The highest BCUT2D eigenvalue weighted by molar-refractivity contribution is 4.96. The summed E-state index contributed by atoms with van der Waals surface area (Å²) in [5.74, 6) is 0. The number of hydrogen-bond acceptors (Lipinski definition) is 2. The molecule has 1 aliphatic rings. The third-order valence-electron chi connectivity index (χ3n) is 2.27. The van der Waals surface area contributed by atoms with Crippen LogP contribution in [0.25, 0.3) is 0 Å². The normalized spacial score (nSPS) is 20.8. The molecule has 2 heteroatoms. The van der Waals surface area contributed by atoms with Gasteiger partial charge in [0.15, 0.2) is 0 Å². The van der Waals surface area contributed by atoms with Crippen LogP contribution in [0.2, 0.25) is 0 Å². The zero-order valence-corrected chi connectivity index (χ0v) is 7.77. The van der Waals surface area contributed by atoms with E-state index in [9.17, 15) is 0 Å². The van der Waals surface area contributed by atoms with Crippen molar-refractivity contribution in [1.29, 1.82) is 0 Å². The van der Waals surface area contributed by atoms with Gasteiger partial charge in [0, 0.05) is 20.1 Å². The Hall–Kier alpha value is -0.720. The molecule has 0 aromatic heterocycles. The second kappa shape index (κ2) is 5.02. The van der Waals surface area contributed by atoms with E-state index in [0.29, 0.717) is 0 Å². The van der Waals surface area contributed by atoms with E-state index in [4.69, 9.17) is 6.58 Å². The van der Waals surface area contributed by atoms with Gasteiger partial charge in [-0.1, -0.05) is 5.73 Å². The first-order valence-corrected chi connectivity index (χ1v) is 4.59. The minimum Gasteiger partial charge on any atom is -0.370 e. The lowest BCUT2D eigenvalue weighted by molar-refractivity contribution is 0.404. The lowest BCUT2D eigenvalue weighted by Crippen LogP contribution is -2.27. The number of allylic oxidation sites excluding steroid dienone is 1. The highest BCUT2D eigenvalue weighted by Crippen LogP contribution is 2.10. The Morgan fingerprint density at radius 2 is 2.25 bits per heavy atom. The van der Waals surface area contributed by atoms with Gasteiger partial charge in [-0.2, -0.15) is 0 Å². The lowest BCUT2D eigenvalue weighted by atomic mass is 10.2. The Morgan fingerprint density at radius 1 is 1.42 bits per heavy atom. The van der Waals surface area contributed by atoms with Crippen LogP contribution in [0.15, 0.2) is 11.4 Å². The van der Waals surface area contributed by atoms with Crippen molar-refractivity contribution in [1.82, 2.24) is 10.2 Å². The SMILES string of the molecule is [CH]=C=C1CCCCNCCN1C. The maximum atomic E-state index is 5.42. The molecule has 0 aliphatic carbocycles. The Kier molecular flexibility index (Phi) is 3.92. The Balaban J connectivity index is 2.52. The first-order valence-electron chi connectivity index (χ1n) is 4.59. The fraction of sp³-hybridized carbons (Fsp3) is 0.700. The summed E-state index contributed by atoms with van der Waals surface area (Å²) >= 11 is 0. The zero-order valence-electron chi connectivity index (χ0n) is 7.77. The molecule has 1 aliphatic heterocycles. The Labute approximate surface area is 74.9 Å². The van der Waals surface area contributed by atoms with E-state index in [0.717, 1.165) is 31.8 Å². The van der Waals surface area contributed by atoms with Crippen LogP contribution in [0, 0.1) is 6.58 Å². The fourth-order valence-corrected chi connectivity index (χ4v) is 1.42. The van der Waals surface area contributed by atoms with Crippen LogP contribution in [0.4, 0.5) is 0 Å². The molecule has 0 atom stereocenters. The molecule has 0 amide bonds. The molecule has 0 unspecified atom stereocenters. The lowest BCUT2D eigenvalue weighted by Gasteiger charge is -2.19. The standard InChI is InChI=1S/C10H17N2/c1-3-10-6-4-5-7-11-8-9-12(10)2/h1,11H,4-9H2,2H3. The highest BCUT2D eigenvalue weighted by Gasteiger charge is 2.05. The molecule has 0 spiro atoms. The quantitative estimate of drug-likeness (QED) is 0.542. The van der Waals surface area contributed by atoms with Crippen molar-refractivity contribution in [3.05, 3.63) is 18.0 Å². The first-order chi connectivity index (χ1) is 5.84. The minimum atomic E-state index is 1.03. The van der Waals surface area contributed by atoms with Crippen LogP contribution in [0.3, 0.4) is 0 Å². The van der Waals surface area contributed by atoms with Gasteiger partial charge in [-0.15, -0.1) is 0 Å². The zero-order chi connectivity index (χ0) is 8.81. The van der Waals surface area contributed by atoms with Gasteiger partial charge in [0.1, 0.15) is 0 Å². The molecule has 1 saturated heterocycles. The molecule has 67 valence electrons. The Bertz CT molecular complexity index is 180. The van der Waals surface area contributed by atoms with Gasteiger partial charge in [0.05, 0.1) is 5.70 Å². The molecule has 1 rings (SSSR count). The van der Waals surface area contributed by atoms with Gasteiger partial charge in [-0.25, -0.2) is 0 Å². The summed E-state index contributed by atoms with van der Waals surface area (Å²) in [6, 6.07) is 0. The summed E-state index contributed by atoms with van der Waals surface area (Å²) in [5, 5.41) is 3.38. The van der Waals surface area contributed by atoms with E-state index >= 15 is 0 Å². The van der Waals surface area contributed by atoms with Crippen molar-refractivity contribution >= 4 is 0 Å². The van der Waals surface area contributed by atoms with Crippen LogP contribution in [-0.2, 0) is 0 Å². The molecule has 1 radical (unpaired) electrons. The monoisotopic (exact) mass is 165 g/mol. The smallest absolute Gasteiger partial charge is 0.0562 e. The highest BCUT2D eigenvalue weighted by atomic mass is 15.1. The predicted molar refractivity (Wildman–Crippen MR) is 50.7 cm³/mol. The van der Waals surface area contributed by atoms with Gasteiger partial charge in [0.2, 0.25) is 0 Å². The first kappa shape index (κ1) is 9.37. The number of nitrogens with zero attached hydrogens (tertiary/aromatic N) is 1. The van der Waals surface area contributed by atoms with Crippen molar-refractivity contribution in [2.24, 2.45) is 0 Å². The van der Waals surface area contributed by atoms with E-state index in [1.807, 2.05) is 0 Å². The van der Waals surface area contributed by atoms with Gasteiger partial charge >= 0.3 is 0 Å². The van der Waals surface area contributed by atoms with Gasteiger partial charge < -0.3 is 10.2 Å². The van der Waals surface area contributed by atoms with E-state index in [-0.39, 0.29) is 0 Å². The molecule has 1 heterocycles. The predicted octanol–water partition coefficient (Wildman–Crippen LogP) is 1.16. The number of hydrogen-bond donors (Lipinski definition) is 1. The average molecular weight is 165 g/mol. The summed E-state index contributed by atoms with van der Waals surface area (Å²) in [5.41, 5.74) is 3.92. The van der Waals surface area contributed by atoms with Crippen molar-refractivity contribution in [3.8, 4) is 0 Å². The van der Waals surface area contributed by atoms with Crippen molar-refractivity contribution in [3.63, 3.8) is 0 Å². The second-order valence-electron chi connectivity index (χ2n) is 3.22. The third kappa shape index (κ3) is 2.72. The number of likely N-dealkylation sites (N-methyl/N-ethyl adjacent to an activating group) is 1. The topological polar surface area (TPSA) is 15.3 Å². The maximum absolute atomic E-state index is 5.42. The van der Waals surface area contributed by atoms with Crippen LogP contribution < -0.4 is 5.32 Å². The Morgan fingerprint density at radius 3 is 3.00 bits per heavy atom. The van der Waals surface area contributed by atoms with E-state index in [2.05, 4.69) is 23.0 Å². The number of nitrogens with one attached hydrogen (secondary N) is 1. The summed E-state index contributed by atoms with van der Waals surface area (Å²) in [6.45, 7) is 8.62. The molecule has 12 heavy (non-hydrogen) atoms. The summed E-state index contributed by atoms with van der Waals surface area (Å²) < 4.78 is 0. The molecule has 0 aromatic rings. The molecule has 2 nitrogen and oxygen atoms in total. The number of rotatable bonds is 0. The molecule has 1 fully saturated rings. The molecule has 0 bridgehead atoms. The van der Waals surface area contributed by atoms with Gasteiger partial charge in [-0.3, -0.25) is 0 Å². The third-order valence-corrected chi connectivity index (χ3v) is 2.27. The molecule has 1 N–H and O–H groups in total. The van der Waals surface area contributed by atoms with Crippen LogP contribution in [0.1, 0.15) is 19.3 Å².